The molecule has 6 heteroatoms. The molecule has 0 unspecified atom stereocenters. The summed E-state index contributed by atoms with van der Waals surface area (Å²) >= 11 is 0. The van der Waals surface area contributed by atoms with Crippen LogP contribution in [0.5, 0.6) is 0 Å². The topological polar surface area (TPSA) is 69.7 Å². The van der Waals surface area contributed by atoms with Crippen molar-refractivity contribution in [3.8, 4) is 0 Å². The third-order valence-corrected chi connectivity index (χ3v) is 4.09. The lowest BCUT2D eigenvalue weighted by atomic mass is 10.2. The van der Waals surface area contributed by atoms with E-state index in [-0.39, 0.29) is 43.0 Å². The van der Waals surface area contributed by atoms with Gasteiger partial charge in [-0.15, -0.1) is 0 Å². The fourth-order valence-corrected chi connectivity index (χ4v) is 2.87. The SMILES string of the molecule is O=C(CN1C(=O)CN(C2CC2)C1=O)NC1CCCC1. The molecule has 3 rings (SSSR count). The Balaban J connectivity index is 1.54. The van der Waals surface area contributed by atoms with E-state index in [1.807, 2.05) is 0 Å². The monoisotopic (exact) mass is 265 g/mol. The molecule has 19 heavy (non-hydrogen) atoms. The van der Waals surface area contributed by atoms with E-state index in [0.29, 0.717) is 0 Å². The summed E-state index contributed by atoms with van der Waals surface area (Å²) < 4.78 is 0. The van der Waals surface area contributed by atoms with E-state index in [1.165, 1.54) is 0 Å². The van der Waals surface area contributed by atoms with Crippen LogP contribution in [0, 0.1) is 0 Å². The minimum Gasteiger partial charge on any atom is -0.352 e. The molecule has 3 fully saturated rings. The number of nitrogens with one attached hydrogen (secondary N) is 1. The molecule has 1 saturated heterocycles. The van der Waals surface area contributed by atoms with Crippen LogP contribution in [0.25, 0.3) is 0 Å². The molecule has 0 bridgehead atoms. The van der Waals surface area contributed by atoms with Crippen LogP contribution in [-0.4, -0.2) is 52.8 Å². The molecule has 0 aromatic rings. The molecule has 0 atom stereocenters. The van der Waals surface area contributed by atoms with Crippen LogP contribution >= 0.6 is 0 Å². The van der Waals surface area contributed by atoms with E-state index in [1.54, 1.807) is 4.90 Å². The maximum absolute atomic E-state index is 12.0. The summed E-state index contributed by atoms with van der Waals surface area (Å²) in [5, 5.41) is 2.90. The fraction of sp³-hybridized carbons (Fsp3) is 0.769. The summed E-state index contributed by atoms with van der Waals surface area (Å²) in [5.74, 6) is -0.468. The van der Waals surface area contributed by atoms with Crippen molar-refractivity contribution in [2.24, 2.45) is 0 Å². The molecule has 1 heterocycles. The maximum atomic E-state index is 12.0. The van der Waals surface area contributed by atoms with Crippen molar-refractivity contribution in [2.45, 2.75) is 50.6 Å². The van der Waals surface area contributed by atoms with Gasteiger partial charge in [-0.1, -0.05) is 12.8 Å². The Morgan fingerprint density at radius 1 is 1.16 bits per heavy atom. The van der Waals surface area contributed by atoms with E-state index in [0.717, 1.165) is 43.4 Å². The average Bonchev–Trinajstić information content (AvgIpc) is 3.03. The summed E-state index contributed by atoms with van der Waals surface area (Å²) in [5.41, 5.74) is 0. The number of amides is 4. The summed E-state index contributed by atoms with van der Waals surface area (Å²) in [6.07, 6.45) is 6.23. The first-order valence-electron chi connectivity index (χ1n) is 7.05. The van der Waals surface area contributed by atoms with Gasteiger partial charge in [-0.25, -0.2) is 4.79 Å². The summed E-state index contributed by atoms with van der Waals surface area (Å²) in [6.45, 7) is 0.0115. The quantitative estimate of drug-likeness (QED) is 0.751. The molecular formula is C13H19N3O3. The lowest BCUT2D eigenvalue weighted by Gasteiger charge is -2.17. The predicted octanol–water partition coefficient (Wildman–Crippen LogP) is 0.472. The zero-order valence-electron chi connectivity index (χ0n) is 10.9. The predicted molar refractivity (Wildman–Crippen MR) is 67.2 cm³/mol. The molecule has 1 aliphatic heterocycles. The van der Waals surface area contributed by atoms with Gasteiger partial charge in [0.15, 0.2) is 0 Å². The first-order valence-corrected chi connectivity index (χ1v) is 7.05. The Kier molecular flexibility index (Phi) is 3.16. The van der Waals surface area contributed by atoms with Gasteiger partial charge in [-0.05, 0) is 25.7 Å². The van der Waals surface area contributed by atoms with E-state index in [9.17, 15) is 14.4 Å². The highest BCUT2D eigenvalue weighted by Crippen LogP contribution is 2.30. The van der Waals surface area contributed by atoms with Crippen molar-refractivity contribution in [1.82, 2.24) is 15.1 Å². The van der Waals surface area contributed by atoms with E-state index in [2.05, 4.69) is 5.32 Å². The van der Waals surface area contributed by atoms with Crippen molar-refractivity contribution in [1.29, 1.82) is 0 Å². The molecule has 0 radical (unpaired) electrons. The van der Waals surface area contributed by atoms with Crippen LogP contribution in [-0.2, 0) is 9.59 Å². The first-order chi connectivity index (χ1) is 9.15. The normalized spacial score (nSPS) is 24.4. The summed E-state index contributed by atoms with van der Waals surface area (Å²) in [4.78, 5) is 38.3. The average molecular weight is 265 g/mol. The molecule has 4 amide bonds. The molecule has 0 aromatic heterocycles. The Morgan fingerprint density at radius 3 is 2.47 bits per heavy atom. The van der Waals surface area contributed by atoms with Gasteiger partial charge >= 0.3 is 6.03 Å². The minimum absolute atomic E-state index is 0.128. The van der Waals surface area contributed by atoms with Gasteiger partial charge < -0.3 is 10.2 Å². The standard InChI is InChI=1S/C13H19N3O3/c17-11(14-9-3-1-2-4-9)7-16-12(18)8-15(13(16)19)10-5-6-10/h9-10H,1-8H2,(H,14,17). The number of urea groups is 1. The van der Waals surface area contributed by atoms with Crippen LogP contribution in [0.15, 0.2) is 0 Å². The highest BCUT2D eigenvalue weighted by Gasteiger charge is 2.44. The molecule has 2 saturated carbocycles. The summed E-state index contributed by atoms with van der Waals surface area (Å²) in [6, 6.07) is 0.147. The Labute approximate surface area is 112 Å². The lowest BCUT2D eigenvalue weighted by molar-refractivity contribution is -0.131. The fourth-order valence-electron chi connectivity index (χ4n) is 2.87. The second-order valence-electron chi connectivity index (χ2n) is 5.67. The van der Waals surface area contributed by atoms with Crippen molar-refractivity contribution >= 4 is 17.8 Å². The van der Waals surface area contributed by atoms with E-state index < -0.39 is 0 Å². The number of rotatable bonds is 4. The molecule has 104 valence electrons. The number of hydrogen-bond donors (Lipinski definition) is 1. The number of carbonyl (C=O) groups excluding carboxylic acids is 3. The van der Waals surface area contributed by atoms with Gasteiger partial charge in [0.05, 0.1) is 0 Å². The zero-order valence-corrected chi connectivity index (χ0v) is 10.9. The molecule has 6 nitrogen and oxygen atoms in total. The number of nitrogens with zero attached hydrogens (tertiary/aromatic N) is 2. The van der Waals surface area contributed by atoms with Crippen molar-refractivity contribution < 1.29 is 14.4 Å². The van der Waals surface area contributed by atoms with Gasteiger partial charge in [-0.3, -0.25) is 14.5 Å². The smallest absolute Gasteiger partial charge is 0.327 e. The van der Waals surface area contributed by atoms with Crippen molar-refractivity contribution in [3.05, 3.63) is 0 Å². The Hall–Kier alpha value is -1.59. The first kappa shape index (κ1) is 12.4. The van der Waals surface area contributed by atoms with Crippen molar-refractivity contribution in [2.75, 3.05) is 13.1 Å². The highest BCUT2D eigenvalue weighted by atomic mass is 16.2. The maximum Gasteiger partial charge on any atom is 0.327 e. The number of imide groups is 1. The van der Waals surface area contributed by atoms with E-state index in [4.69, 9.17) is 0 Å². The number of hydrogen-bond acceptors (Lipinski definition) is 3. The molecule has 1 N–H and O–H groups in total. The molecule has 0 aromatic carbocycles. The van der Waals surface area contributed by atoms with Gasteiger partial charge in [0.1, 0.15) is 13.1 Å². The largest absolute Gasteiger partial charge is 0.352 e. The van der Waals surface area contributed by atoms with Crippen LogP contribution < -0.4 is 5.32 Å². The number of carbonyl (C=O) groups is 3. The molecule has 2 aliphatic carbocycles. The Bertz CT molecular complexity index is 413. The van der Waals surface area contributed by atoms with Crippen LogP contribution in [0.2, 0.25) is 0 Å². The Morgan fingerprint density at radius 2 is 1.84 bits per heavy atom. The molecular weight excluding hydrogens is 246 g/mol. The van der Waals surface area contributed by atoms with Crippen LogP contribution in [0.1, 0.15) is 38.5 Å². The van der Waals surface area contributed by atoms with E-state index >= 15 is 0 Å². The molecule has 3 aliphatic rings. The van der Waals surface area contributed by atoms with Gasteiger partial charge in [-0.2, -0.15) is 0 Å². The molecule has 0 spiro atoms. The minimum atomic E-state index is -0.297. The van der Waals surface area contributed by atoms with Crippen molar-refractivity contribution in [3.63, 3.8) is 0 Å². The highest BCUT2D eigenvalue weighted by molar-refractivity contribution is 6.04. The van der Waals surface area contributed by atoms with Gasteiger partial charge in [0.25, 0.3) is 5.91 Å². The third-order valence-electron chi connectivity index (χ3n) is 4.09. The lowest BCUT2D eigenvalue weighted by Crippen LogP contribution is -2.44. The van der Waals surface area contributed by atoms with Crippen LogP contribution in [0.3, 0.4) is 0 Å². The van der Waals surface area contributed by atoms with Gasteiger partial charge in [0, 0.05) is 12.1 Å². The zero-order chi connectivity index (χ0) is 13.4. The third kappa shape index (κ3) is 2.57. The second kappa shape index (κ2) is 4.83. The summed E-state index contributed by atoms with van der Waals surface area (Å²) in [7, 11) is 0. The second-order valence-corrected chi connectivity index (χ2v) is 5.67. The van der Waals surface area contributed by atoms with Gasteiger partial charge in [0.2, 0.25) is 5.91 Å². The van der Waals surface area contributed by atoms with Crippen LogP contribution in [0.4, 0.5) is 4.79 Å².